The van der Waals surface area contributed by atoms with Crippen LogP contribution in [-0.4, -0.2) is 58.4 Å². The van der Waals surface area contributed by atoms with Gasteiger partial charge >= 0.3 is 0 Å². The molecule has 1 heterocycles. The summed E-state index contributed by atoms with van der Waals surface area (Å²) in [6.45, 7) is 30.2. The SMILES string of the molecule is CCN(CCSC(=O)C(C)(CC(C)(C)C(C)(C)C(C)(CC(C)(C)C)C(=O)SCCOc1ccc(-c2ccc(C#N)cc2)cc1)C(C)(C)C)c1ccc(N(C)c2nc(C#N)c(C#N)[nH]2)cc1. The van der Waals surface area contributed by atoms with Crippen LogP contribution >= 0.6 is 23.5 Å². The molecule has 0 aliphatic rings. The topological polar surface area (TPSA) is 150 Å². The molecule has 4 rings (SSSR count). The van der Waals surface area contributed by atoms with Gasteiger partial charge in [-0.25, -0.2) is 4.98 Å². The monoisotopic (exact) mass is 915 g/mol. The Morgan fingerprint density at radius 1 is 0.692 bits per heavy atom. The molecule has 0 saturated heterocycles. The summed E-state index contributed by atoms with van der Waals surface area (Å²) in [7, 11) is 1.83. The first-order valence-electron chi connectivity index (χ1n) is 22.3. The van der Waals surface area contributed by atoms with Gasteiger partial charge in [0.25, 0.3) is 0 Å². The lowest BCUT2D eigenvalue weighted by molar-refractivity contribution is -0.144. The number of H-pyrrole nitrogens is 1. The highest BCUT2D eigenvalue weighted by molar-refractivity contribution is 8.14. The van der Waals surface area contributed by atoms with Crippen LogP contribution in [0.5, 0.6) is 5.75 Å². The molecule has 0 amide bonds. The Morgan fingerprint density at radius 3 is 1.72 bits per heavy atom. The molecular formula is C53H69N7O3S2. The number of aromatic amines is 1. The Kier molecular flexibility index (Phi) is 16.9. The average Bonchev–Trinajstić information content (AvgIpc) is 3.69. The molecule has 4 aromatic rings. The van der Waals surface area contributed by atoms with E-state index in [1.54, 1.807) is 4.90 Å². The van der Waals surface area contributed by atoms with Gasteiger partial charge in [0, 0.05) is 53.8 Å². The lowest BCUT2D eigenvalue weighted by Crippen LogP contribution is -2.54. The molecule has 0 fully saturated rings. The maximum absolute atomic E-state index is 14.7. The van der Waals surface area contributed by atoms with Crippen molar-refractivity contribution >= 4 is 51.1 Å². The number of hydrogen-bond acceptors (Lipinski definition) is 11. The van der Waals surface area contributed by atoms with E-state index in [0.29, 0.717) is 49.0 Å². The zero-order valence-electron chi connectivity index (χ0n) is 41.1. The molecule has 0 radical (unpaired) electrons. The number of carbonyl (C=O) groups excluding carboxylic acids is 2. The molecule has 1 aromatic heterocycles. The van der Waals surface area contributed by atoms with Crippen molar-refractivity contribution in [1.29, 1.82) is 15.8 Å². The van der Waals surface area contributed by atoms with Crippen molar-refractivity contribution in [3.63, 3.8) is 0 Å². The van der Waals surface area contributed by atoms with Crippen LogP contribution in [0.25, 0.3) is 11.1 Å². The van der Waals surface area contributed by atoms with Crippen LogP contribution < -0.4 is 14.5 Å². The minimum Gasteiger partial charge on any atom is -0.493 e. The van der Waals surface area contributed by atoms with E-state index in [0.717, 1.165) is 34.8 Å². The number of nitrogens with one attached hydrogen (secondary N) is 1. The predicted octanol–water partition coefficient (Wildman–Crippen LogP) is 12.8. The fourth-order valence-electron chi connectivity index (χ4n) is 8.61. The van der Waals surface area contributed by atoms with E-state index in [9.17, 15) is 20.1 Å². The van der Waals surface area contributed by atoms with Crippen molar-refractivity contribution in [2.45, 2.75) is 103 Å². The number of benzene rings is 3. The summed E-state index contributed by atoms with van der Waals surface area (Å²) in [6.07, 6.45) is 1.29. The molecule has 346 valence electrons. The van der Waals surface area contributed by atoms with Gasteiger partial charge in [-0.1, -0.05) is 131 Å². The van der Waals surface area contributed by atoms with Crippen LogP contribution in [0.1, 0.15) is 120 Å². The molecular weight excluding hydrogens is 847 g/mol. The summed E-state index contributed by atoms with van der Waals surface area (Å²) in [5.74, 6) is 2.27. The maximum atomic E-state index is 14.7. The van der Waals surface area contributed by atoms with Gasteiger partial charge in [0.2, 0.25) is 5.95 Å². The smallest absolute Gasteiger partial charge is 0.209 e. The fraction of sp³-hybridized carbons (Fsp3) is 0.509. The molecule has 0 saturated carbocycles. The molecule has 1 N–H and O–H groups in total. The van der Waals surface area contributed by atoms with E-state index < -0.39 is 21.7 Å². The number of thioether (sulfide) groups is 2. The van der Waals surface area contributed by atoms with Crippen LogP contribution in [0.4, 0.5) is 17.3 Å². The minimum atomic E-state index is -0.722. The Morgan fingerprint density at radius 2 is 1.23 bits per heavy atom. The number of rotatable bonds is 19. The number of carbonyl (C=O) groups is 2. The Bertz CT molecular complexity index is 2360. The molecule has 0 aliphatic carbocycles. The molecule has 0 spiro atoms. The molecule has 12 heteroatoms. The third-order valence-electron chi connectivity index (χ3n) is 13.9. The number of aromatic nitrogens is 2. The fourth-order valence-corrected chi connectivity index (χ4v) is 10.8. The van der Waals surface area contributed by atoms with E-state index in [1.807, 2.05) is 92.0 Å². The van der Waals surface area contributed by atoms with E-state index in [1.165, 1.54) is 23.5 Å². The van der Waals surface area contributed by atoms with E-state index >= 15 is 0 Å². The van der Waals surface area contributed by atoms with Crippen LogP contribution in [-0.2, 0) is 9.59 Å². The molecule has 10 nitrogen and oxygen atoms in total. The molecule has 3 aromatic carbocycles. The average molecular weight is 916 g/mol. The Balaban J connectivity index is 1.43. The van der Waals surface area contributed by atoms with Crippen molar-refractivity contribution in [3.05, 3.63) is 89.7 Å². The van der Waals surface area contributed by atoms with E-state index in [4.69, 9.17) is 10.00 Å². The first kappa shape index (κ1) is 52.4. The molecule has 0 aliphatic heterocycles. The molecule has 2 unspecified atom stereocenters. The lowest BCUT2D eigenvalue weighted by atomic mass is 9.47. The van der Waals surface area contributed by atoms with Gasteiger partial charge < -0.3 is 19.5 Å². The third kappa shape index (κ3) is 12.2. The number of ether oxygens (including phenoxy) is 1. The quantitative estimate of drug-likeness (QED) is 0.0895. The van der Waals surface area contributed by atoms with Gasteiger partial charge in [-0.15, -0.1) is 0 Å². The maximum Gasteiger partial charge on any atom is 0.209 e. The van der Waals surface area contributed by atoms with Gasteiger partial charge in [-0.05, 0) is 101 Å². The summed E-state index contributed by atoms with van der Waals surface area (Å²) in [6, 6.07) is 29.5. The highest BCUT2D eigenvalue weighted by Crippen LogP contribution is 2.62. The second-order valence-corrected chi connectivity index (χ2v) is 23.0. The summed E-state index contributed by atoms with van der Waals surface area (Å²) >= 11 is 2.74. The van der Waals surface area contributed by atoms with Gasteiger partial charge in [-0.3, -0.25) is 9.59 Å². The third-order valence-corrected chi connectivity index (χ3v) is 16.1. The first-order valence-corrected chi connectivity index (χ1v) is 24.3. The standard InChI is InChI=1S/C53H69N7O3S2/c1-15-60(41-24-22-40(23-25-41)59(14)47-57-43(33-55)44(34-56)58-47)28-30-64-45(61)52(12,49(5,6)7)36-50(8,9)51(10,11)53(13,35-48(2,3)4)46(62)65-31-29-63-42-26-20-39(21-27-42)38-18-16-37(32-54)17-19-38/h16-27H,15,28-31,35-36H2,1-14H3,(H,57,58). The van der Waals surface area contributed by atoms with Crippen LogP contribution in [0.3, 0.4) is 0 Å². The van der Waals surface area contributed by atoms with E-state index in [-0.39, 0.29) is 32.4 Å². The second-order valence-electron chi connectivity index (χ2n) is 20.8. The van der Waals surface area contributed by atoms with Crippen LogP contribution in [0, 0.1) is 66.5 Å². The molecule has 65 heavy (non-hydrogen) atoms. The minimum absolute atomic E-state index is 0.0634. The van der Waals surface area contributed by atoms with Crippen molar-refractivity contribution in [1.82, 2.24) is 9.97 Å². The van der Waals surface area contributed by atoms with E-state index in [2.05, 4.69) is 111 Å². The number of hydrogen-bond donors (Lipinski definition) is 1. The summed E-state index contributed by atoms with van der Waals surface area (Å²) in [5, 5.41) is 28.1. The first-order chi connectivity index (χ1) is 30.3. The van der Waals surface area contributed by atoms with Crippen molar-refractivity contribution in [2.75, 3.05) is 48.0 Å². The summed E-state index contributed by atoms with van der Waals surface area (Å²) in [4.78, 5) is 40.6. The van der Waals surface area contributed by atoms with Gasteiger partial charge in [0.05, 0.1) is 18.2 Å². The Hall–Kier alpha value is -5.22. The normalized spacial score (nSPS) is 14.0. The van der Waals surface area contributed by atoms with Crippen molar-refractivity contribution in [3.8, 4) is 35.1 Å². The zero-order valence-corrected chi connectivity index (χ0v) is 42.7. The van der Waals surface area contributed by atoms with Crippen LogP contribution in [0.2, 0.25) is 0 Å². The van der Waals surface area contributed by atoms with Gasteiger partial charge in [-0.2, -0.15) is 15.8 Å². The number of nitriles is 3. The number of imidazole rings is 1. The largest absolute Gasteiger partial charge is 0.493 e. The van der Waals surface area contributed by atoms with Crippen molar-refractivity contribution in [2.24, 2.45) is 32.5 Å². The predicted molar refractivity (Wildman–Crippen MR) is 269 cm³/mol. The second kappa shape index (κ2) is 21.0. The zero-order chi connectivity index (χ0) is 48.6. The number of nitrogens with zero attached hydrogens (tertiary/aromatic N) is 6. The summed E-state index contributed by atoms with van der Waals surface area (Å²) < 4.78 is 6.12. The van der Waals surface area contributed by atoms with Gasteiger partial charge in [0.15, 0.2) is 21.6 Å². The molecule has 0 bridgehead atoms. The lowest BCUT2D eigenvalue weighted by Gasteiger charge is -2.57. The van der Waals surface area contributed by atoms with Crippen LogP contribution in [0.15, 0.2) is 72.8 Å². The van der Waals surface area contributed by atoms with Gasteiger partial charge in [0.1, 0.15) is 17.9 Å². The highest BCUT2D eigenvalue weighted by Gasteiger charge is 2.59. The highest BCUT2D eigenvalue weighted by atomic mass is 32.2. The Labute approximate surface area is 397 Å². The number of anilines is 3. The molecule has 2 atom stereocenters. The van der Waals surface area contributed by atoms with Crippen molar-refractivity contribution < 1.29 is 14.3 Å². The summed E-state index contributed by atoms with van der Waals surface area (Å²) in [5.41, 5.74) is 1.90.